The molecule has 0 saturated carbocycles. The molecule has 2 heterocycles. The lowest BCUT2D eigenvalue weighted by atomic mass is 9.87. The second-order valence-corrected chi connectivity index (χ2v) is 8.12. The predicted molar refractivity (Wildman–Crippen MR) is 100 cm³/mol. The average Bonchev–Trinajstić information content (AvgIpc) is 3.14. The second-order valence-electron chi connectivity index (χ2n) is 8.12. The maximum absolute atomic E-state index is 12.7. The molecule has 2 aliphatic heterocycles. The number of carbonyl (C=O) groups excluding carboxylic acids is 2. The molecule has 0 aromatic heterocycles. The number of urea groups is 2. The van der Waals surface area contributed by atoms with E-state index < -0.39 is 0 Å². The van der Waals surface area contributed by atoms with Gasteiger partial charge in [-0.25, -0.2) is 9.59 Å². The lowest BCUT2D eigenvalue weighted by molar-refractivity contribution is 0.187. The van der Waals surface area contributed by atoms with Crippen molar-refractivity contribution < 1.29 is 9.59 Å². The van der Waals surface area contributed by atoms with Crippen molar-refractivity contribution in [2.45, 2.75) is 46.1 Å². The van der Waals surface area contributed by atoms with Crippen LogP contribution in [0.25, 0.3) is 0 Å². The summed E-state index contributed by atoms with van der Waals surface area (Å²) in [6.45, 7) is 8.75. The summed E-state index contributed by atoms with van der Waals surface area (Å²) in [6, 6.07) is 7.64. The SMILES string of the molecule is CC(C)(C)CC1CCCN1C(=O)Nc1cccc(N2CCNC2=O)c1. The highest BCUT2D eigenvalue weighted by Gasteiger charge is 2.32. The van der Waals surface area contributed by atoms with Crippen molar-refractivity contribution in [1.82, 2.24) is 10.2 Å². The van der Waals surface area contributed by atoms with Crippen molar-refractivity contribution in [1.29, 1.82) is 0 Å². The van der Waals surface area contributed by atoms with Crippen LogP contribution in [0.2, 0.25) is 0 Å². The van der Waals surface area contributed by atoms with Crippen LogP contribution in [-0.2, 0) is 0 Å². The normalized spacial score (nSPS) is 20.8. The van der Waals surface area contributed by atoms with Gasteiger partial charge in [0.2, 0.25) is 0 Å². The minimum Gasteiger partial charge on any atom is -0.336 e. The van der Waals surface area contributed by atoms with Gasteiger partial charge in [-0.05, 0) is 42.9 Å². The van der Waals surface area contributed by atoms with Crippen molar-refractivity contribution >= 4 is 23.4 Å². The number of nitrogens with zero attached hydrogens (tertiary/aromatic N) is 2. The van der Waals surface area contributed by atoms with E-state index in [1.54, 1.807) is 4.90 Å². The standard InChI is InChI=1S/C19H28N4O2/c1-19(2,3)13-16-8-5-10-22(16)18(25)21-14-6-4-7-15(12-14)23-11-9-20-17(23)24/h4,6-7,12,16H,5,8-11,13H2,1-3H3,(H,20,24)(H,21,25). The third kappa shape index (κ3) is 4.24. The zero-order valence-corrected chi connectivity index (χ0v) is 15.3. The number of carbonyl (C=O) groups is 2. The average molecular weight is 344 g/mol. The van der Waals surface area contributed by atoms with Crippen LogP contribution in [0.4, 0.5) is 21.0 Å². The lowest BCUT2D eigenvalue weighted by Gasteiger charge is -2.30. The Kier molecular flexibility index (Phi) is 4.88. The van der Waals surface area contributed by atoms with Gasteiger partial charge in [0.05, 0.1) is 0 Å². The van der Waals surface area contributed by atoms with E-state index in [1.807, 2.05) is 29.2 Å². The quantitative estimate of drug-likeness (QED) is 0.879. The van der Waals surface area contributed by atoms with Crippen LogP contribution in [0.15, 0.2) is 24.3 Å². The highest BCUT2D eigenvalue weighted by Crippen LogP contribution is 2.30. The maximum atomic E-state index is 12.7. The smallest absolute Gasteiger partial charge is 0.322 e. The molecule has 2 aliphatic rings. The molecule has 1 atom stereocenters. The third-order valence-corrected chi connectivity index (χ3v) is 4.75. The van der Waals surface area contributed by atoms with Crippen molar-refractivity contribution in [3.8, 4) is 0 Å². The van der Waals surface area contributed by atoms with E-state index in [9.17, 15) is 9.59 Å². The van der Waals surface area contributed by atoms with E-state index in [1.165, 1.54) is 0 Å². The zero-order chi connectivity index (χ0) is 18.0. The molecule has 6 nitrogen and oxygen atoms in total. The van der Waals surface area contributed by atoms with Crippen LogP contribution in [0.3, 0.4) is 0 Å². The molecule has 3 rings (SSSR count). The van der Waals surface area contributed by atoms with Gasteiger partial charge in [0.15, 0.2) is 0 Å². The molecule has 0 bridgehead atoms. The molecule has 4 amide bonds. The van der Waals surface area contributed by atoms with E-state index in [4.69, 9.17) is 0 Å². The lowest BCUT2D eigenvalue weighted by Crippen LogP contribution is -2.40. The van der Waals surface area contributed by atoms with Crippen molar-refractivity contribution in [2.75, 3.05) is 29.9 Å². The van der Waals surface area contributed by atoms with Crippen LogP contribution < -0.4 is 15.5 Å². The molecule has 1 unspecified atom stereocenters. The highest BCUT2D eigenvalue weighted by molar-refractivity contribution is 5.95. The van der Waals surface area contributed by atoms with Gasteiger partial charge < -0.3 is 15.5 Å². The Balaban J connectivity index is 1.67. The highest BCUT2D eigenvalue weighted by atomic mass is 16.2. The summed E-state index contributed by atoms with van der Waals surface area (Å²) < 4.78 is 0. The summed E-state index contributed by atoms with van der Waals surface area (Å²) in [4.78, 5) is 28.2. The molecule has 136 valence electrons. The predicted octanol–water partition coefficient (Wildman–Crippen LogP) is 3.65. The molecule has 0 aliphatic carbocycles. The van der Waals surface area contributed by atoms with E-state index in [-0.39, 0.29) is 17.5 Å². The summed E-state index contributed by atoms with van der Waals surface area (Å²) in [5.74, 6) is 0. The topological polar surface area (TPSA) is 64.7 Å². The van der Waals surface area contributed by atoms with Crippen LogP contribution in [0.1, 0.15) is 40.0 Å². The number of rotatable bonds is 3. The number of likely N-dealkylation sites (tertiary alicyclic amines) is 1. The van der Waals surface area contributed by atoms with Gasteiger partial charge in [-0.3, -0.25) is 4.90 Å². The number of nitrogens with one attached hydrogen (secondary N) is 2. The summed E-state index contributed by atoms with van der Waals surface area (Å²) in [5, 5.41) is 5.80. The fourth-order valence-electron chi connectivity index (χ4n) is 3.69. The second kappa shape index (κ2) is 6.94. The van der Waals surface area contributed by atoms with Gasteiger partial charge in [-0.15, -0.1) is 0 Å². The minimum atomic E-state index is -0.0896. The first kappa shape index (κ1) is 17.6. The van der Waals surface area contributed by atoms with Crippen LogP contribution in [-0.4, -0.2) is 42.6 Å². The summed E-state index contributed by atoms with van der Waals surface area (Å²) in [7, 11) is 0. The Bertz CT molecular complexity index is 653. The Morgan fingerprint density at radius 2 is 2.12 bits per heavy atom. The Labute approximate surface area is 149 Å². The van der Waals surface area contributed by atoms with Gasteiger partial charge in [-0.2, -0.15) is 0 Å². The van der Waals surface area contributed by atoms with Gasteiger partial charge in [0, 0.05) is 37.1 Å². The first-order valence-electron chi connectivity index (χ1n) is 9.06. The van der Waals surface area contributed by atoms with Gasteiger partial charge in [-0.1, -0.05) is 26.8 Å². The van der Waals surface area contributed by atoms with Gasteiger partial charge in [0.1, 0.15) is 0 Å². The van der Waals surface area contributed by atoms with Crippen molar-refractivity contribution in [3.05, 3.63) is 24.3 Å². The molecule has 1 aromatic carbocycles. The molecule has 2 saturated heterocycles. The summed E-state index contributed by atoms with van der Waals surface area (Å²) in [6.07, 6.45) is 3.13. The van der Waals surface area contributed by atoms with Crippen LogP contribution in [0, 0.1) is 5.41 Å². The number of hydrogen-bond donors (Lipinski definition) is 2. The fraction of sp³-hybridized carbons (Fsp3) is 0.579. The number of benzene rings is 1. The fourth-order valence-corrected chi connectivity index (χ4v) is 3.69. The Hall–Kier alpha value is -2.24. The van der Waals surface area contributed by atoms with E-state index >= 15 is 0 Å². The summed E-state index contributed by atoms with van der Waals surface area (Å²) >= 11 is 0. The zero-order valence-electron chi connectivity index (χ0n) is 15.3. The Morgan fingerprint density at radius 3 is 2.80 bits per heavy atom. The molecule has 1 aromatic rings. The molecule has 2 N–H and O–H groups in total. The number of amides is 4. The van der Waals surface area contributed by atoms with E-state index in [0.29, 0.717) is 19.1 Å². The molecular weight excluding hydrogens is 316 g/mol. The summed E-state index contributed by atoms with van der Waals surface area (Å²) in [5.41, 5.74) is 1.74. The monoisotopic (exact) mass is 344 g/mol. The minimum absolute atomic E-state index is 0.0465. The first-order valence-corrected chi connectivity index (χ1v) is 9.06. The molecule has 0 spiro atoms. The molecular formula is C19H28N4O2. The maximum Gasteiger partial charge on any atom is 0.322 e. The van der Waals surface area contributed by atoms with Crippen LogP contribution >= 0.6 is 0 Å². The largest absolute Gasteiger partial charge is 0.336 e. The molecule has 2 fully saturated rings. The molecule has 25 heavy (non-hydrogen) atoms. The van der Waals surface area contributed by atoms with Gasteiger partial charge in [0.25, 0.3) is 0 Å². The van der Waals surface area contributed by atoms with E-state index in [0.717, 1.165) is 37.2 Å². The van der Waals surface area contributed by atoms with Crippen molar-refractivity contribution in [3.63, 3.8) is 0 Å². The van der Waals surface area contributed by atoms with Crippen molar-refractivity contribution in [2.24, 2.45) is 5.41 Å². The molecule has 0 radical (unpaired) electrons. The van der Waals surface area contributed by atoms with E-state index in [2.05, 4.69) is 31.4 Å². The third-order valence-electron chi connectivity index (χ3n) is 4.75. The number of anilines is 2. The Morgan fingerprint density at radius 1 is 1.32 bits per heavy atom. The number of hydrogen-bond acceptors (Lipinski definition) is 2. The first-order chi connectivity index (χ1) is 11.8. The van der Waals surface area contributed by atoms with Gasteiger partial charge >= 0.3 is 12.1 Å². The van der Waals surface area contributed by atoms with Crippen LogP contribution in [0.5, 0.6) is 0 Å². The molecule has 6 heteroatoms.